The number of nitrogens with one attached hydrogen (secondary N) is 2. The minimum atomic E-state index is -1.12. The van der Waals surface area contributed by atoms with Crippen molar-refractivity contribution in [1.82, 2.24) is 15.3 Å². The number of benzene rings is 1. The average molecular weight is 420 g/mol. The Hall–Kier alpha value is -1.61. The van der Waals surface area contributed by atoms with Crippen molar-refractivity contribution in [2.24, 2.45) is 0 Å². The van der Waals surface area contributed by atoms with Gasteiger partial charge < -0.3 is 15.4 Å². The molecule has 21 heavy (non-hydrogen) atoms. The standard InChI is InChI=1S/C13H11ClIN3O3/c14-9-3-7(1-2-10(9)15)12(19)18-11(13(20)21)4-8-5-16-6-17-8/h1-3,5-6,11H,4H2,(H,16,17)(H,18,19)(H,20,21)/t11-/m0/s1. The molecule has 0 saturated carbocycles. The van der Waals surface area contributed by atoms with Crippen LogP contribution in [0.4, 0.5) is 0 Å². The number of aromatic amines is 1. The van der Waals surface area contributed by atoms with Crippen molar-refractivity contribution in [1.29, 1.82) is 0 Å². The van der Waals surface area contributed by atoms with Gasteiger partial charge >= 0.3 is 5.97 Å². The van der Waals surface area contributed by atoms with Crippen molar-refractivity contribution in [3.05, 3.63) is 50.6 Å². The number of carboxylic acids is 1. The lowest BCUT2D eigenvalue weighted by atomic mass is 10.1. The SMILES string of the molecule is O=C(N[C@@H](Cc1cnc[nH]1)C(=O)O)c1ccc(I)c(Cl)c1. The maximum atomic E-state index is 12.1. The highest BCUT2D eigenvalue weighted by Gasteiger charge is 2.22. The van der Waals surface area contributed by atoms with E-state index in [1.807, 2.05) is 22.6 Å². The van der Waals surface area contributed by atoms with Gasteiger partial charge in [-0.25, -0.2) is 9.78 Å². The maximum Gasteiger partial charge on any atom is 0.326 e. The van der Waals surface area contributed by atoms with Gasteiger partial charge in [0, 0.05) is 27.4 Å². The van der Waals surface area contributed by atoms with Crippen molar-refractivity contribution in [3.8, 4) is 0 Å². The van der Waals surface area contributed by atoms with E-state index in [1.165, 1.54) is 18.6 Å². The van der Waals surface area contributed by atoms with Crippen LogP contribution in [0.5, 0.6) is 0 Å². The number of hydrogen-bond acceptors (Lipinski definition) is 3. The number of hydrogen-bond donors (Lipinski definition) is 3. The average Bonchev–Trinajstić information content (AvgIpc) is 2.93. The topological polar surface area (TPSA) is 95.1 Å². The molecule has 3 N–H and O–H groups in total. The Balaban J connectivity index is 2.10. The lowest BCUT2D eigenvalue weighted by Crippen LogP contribution is -2.42. The predicted octanol–water partition coefficient (Wildman–Crippen LogP) is 2.09. The van der Waals surface area contributed by atoms with E-state index < -0.39 is 17.9 Å². The van der Waals surface area contributed by atoms with Crippen LogP contribution in [-0.2, 0) is 11.2 Å². The molecule has 0 aliphatic heterocycles. The second-order valence-electron chi connectivity index (χ2n) is 4.27. The fourth-order valence-corrected chi connectivity index (χ4v) is 2.21. The van der Waals surface area contributed by atoms with Crippen molar-refractivity contribution < 1.29 is 14.7 Å². The molecule has 0 aliphatic carbocycles. The highest BCUT2D eigenvalue weighted by atomic mass is 127. The second kappa shape index (κ2) is 6.90. The molecule has 1 atom stereocenters. The van der Waals surface area contributed by atoms with Gasteiger partial charge in [0.05, 0.1) is 11.3 Å². The molecule has 2 rings (SSSR count). The fourth-order valence-electron chi connectivity index (χ4n) is 1.70. The highest BCUT2D eigenvalue weighted by molar-refractivity contribution is 14.1. The first-order chi connectivity index (χ1) is 9.97. The molecule has 0 spiro atoms. The van der Waals surface area contributed by atoms with E-state index >= 15 is 0 Å². The molecule has 1 aromatic heterocycles. The van der Waals surface area contributed by atoms with E-state index in [9.17, 15) is 14.7 Å². The molecule has 110 valence electrons. The molecular weight excluding hydrogens is 409 g/mol. The Morgan fingerprint density at radius 1 is 1.48 bits per heavy atom. The summed E-state index contributed by atoms with van der Waals surface area (Å²) in [7, 11) is 0. The van der Waals surface area contributed by atoms with Gasteiger partial charge in [-0.05, 0) is 40.8 Å². The van der Waals surface area contributed by atoms with Gasteiger partial charge in [0.25, 0.3) is 5.91 Å². The van der Waals surface area contributed by atoms with Crippen LogP contribution in [-0.4, -0.2) is 33.0 Å². The molecule has 2 aromatic rings. The van der Waals surface area contributed by atoms with Crippen molar-refractivity contribution >= 4 is 46.1 Å². The van der Waals surface area contributed by atoms with E-state index in [1.54, 1.807) is 12.1 Å². The third-order valence-corrected chi connectivity index (χ3v) is 4.34. The number of imidazole rings is 1. The number of aliphatic carboxylic acids is 1. The number of aromatic nitrogens is 2. The number of nitrogens with zero attached hydrogens (tertiary/aromatic N) is 1. The lowest BCUT2D eigenvalue weighted by Gasteiger charge is -2.14. The molecule has 6 nitrogen and oxygen atoms in total. The van der Waals surface area contributed by atoms with Gasteiger partial charge in [0.15, 0.2) is 0 Å². The Morgan fingerprint density at radius 3 is 2.81 bits per heavy atom. The molecule has 0 unspecified atom stereocenters. The molecule has 0 fully saturated rings. The summed E-state index contributed by atoms with van der Waals surface area (Å²) in [5, 5.41) is 12.1. The van der Waals surface area contributed by atoms with E-state index in [2.05, 4.69) is 15.3 Å². The summed E-state index contributed by atoms with van der Waals surface area (Å²) in [5.74, 6) is -1.60. The molecule has 1 amide bonds. The summed E-state index contributed by atoms with van der Waals surface area (Å²) >= 11 is 8.00. The monoisotopic (exact) mass is 419 g/mol. The largest absolute Gasteiger partial charge is 0.480 e. The first kappa shape index (κ1) is 15.8. The highest BCUT2D eigenvalue weighted by Crippen LogP contribution is 2.19. The molecule has 1 heterocycles. The van der Waals surface area contributed by atoms with Crippen LogP contribution in [0.2, 0.25) is 5.02 Å². The van der Waals surface area contributed by atoms with E-state index in [-0.39, 0.29) is 6.42 Å². The number of rotatable bonds is 5. The number of halogens is 2. The van der Waals surface area contributed by atoms with E-state index in [0.29, 0.717) is 16.3 Å². The van der Waals surface area contributed by atoms with Gasteiger partial charge in [-0.3, -0.25) is 4.79 Å². The minimum absolute atomic E-state index is 0.124. The van der Waals surface area contributed by atoms with E-state index in [0.717, 1.165) is 3.57 Å². The molecular formula is C13H11ClIN3O3. The molecule has 8 heteroatoms. The number of carbonyl (C=O) groups is 2. The Bertz CT molecular complexity index is 661. The van der Waals surface area contributed by atoms with Crippen LogP contribution in [0.1, 0.15) is 16.1 Å². The zero-order chi connectivity index (χ0) is 15.4. The smallest absolute Gasteiger partial charge is 0.326 e. The summed E-state index contributed by atoms with van der Waals surface area (Å²) in [4.78, 5) is 29.9. The van der Waals surface area contributed by atoms with Gasteiger partial charge in [0.1, 0.15) is 6.04 Å². The summed E-state index contributed by atoms with van der Waals surface area (Å²) in [5.41, 5.74) is 0.944. The minimum Gasteiger partial charge on any atom is -0.480 e. The second-order valence-corrected chi connectivity index (χ2v) is 5.84. The summed E-state index contributed by atoms with van der Waals surface area (Å²) in [6, 6.07) is 3.75. The van der Waals surface area contributed by atoms with Gasteiger partial charge in [-0.15, -0.1) is 0 Å². The fraction of sp³-hybridized carbons (Fsp3) is 0.154. The molecule has 0 saturated heterocycles. The molecule has 1 aromatic carbocycles. The van der Waals surface area contributed by atoms with Crippen LogP contribution in [0.25, 0.3) is 0 Å². The Morgan fingerprint density at radius 2 is 2.24 bits per heavy atom. The first-order valence-electron chi connectivity index (χ1n) is 5.93. The van der Waals surface area contributed by atoms with Crippen LogP contribution in [0.15, 0.2) is 30.7 Å². The van der Waals surface area contributed by atoms with Crippen molar-refractivity contribution in [2.75, 3.05) is 0 Å². The van der Waals surface area contributed by atoms with Crippen LogP contribution in [0, 0.1) is 3.57 Å². The number of carbonyl (C=O) groups excluding carboxylic acids is 1. The van der Waals surface area contributed by atoms with Crippen molar-refractivity contribution in [3.63, 3.8) is 0 Å². The summed E-state index contributed by atoms with van der Waals surface area (Å²) in [6.45, 7) is 0. The molecule has 0 aliphatic rings. The molecule has 0 radical (unpaired) electrons. The Labute approximate surface area is 139 Å². The summed E-state index contributed by atoms with van der Waals surface area (Å²) in [6.07, 6.45) is 3.10. The zero-order valence-electron chi connectivity index (χ0n) is 10.6. The van der Waals surface area contributed by atoms with Crippen LogP contribution >= 0.6 is 34.2 Å². The number of H-pyrrole nitrogens is 1. The van der Waals surface area contributed by atoms with Crippen molar-refractivity contribution in [2.45, 2.75) is 12.5 Å². The van der Waals surface area contributed by atoms with Gasteiger partial charge in [-0.1, -0.05) is 11.6 Å². The quantitative estimate of drug-likeness (QED) is 0.647. The maximum absolute atomic E-state index is 12.1. The number of amides is 1. The van der Waals surface area contributed by atoms with Crippen LogP contribution in [0.3, 0.4) is 0 Å². The van der Waals surface area contributed by atoms with Crippen LogP contribution < -0.4 is 5.32 Å². The first-order valence-corrected chi connectivity index (χ1v) is 7.39. The Kier molecular flexibility index (Phi) is 5.18. The third kappa shape index (κ3) is 4.18. The number of carboxylic acid groups (broad SMARTS) is 1. The van der Waals surface area contributed by atoms with Gasteiger partial charge in [-0.2, -0.15) is 0 Å². The normalized spacial score (nSPS) is 11.9. The van der Waals surface area contributed by atoms with Gasteiger partial charge in [0.2, 0.25) is 0 Å². The third-order valence-electron chi connectivity index (χ3n) is 2.76. The van der Waals surface area contributed by atoms with E-state index in [4.69, 9.17) is 11.6 Å². The predicted molar refractivity (Wildman–Crippen MR) is 85.4 cm³/mol. The zero-order valence-corrected chi connectivity index (χ0v) is 13.6. The molecule has 0 bridgehead atoms. The summed E-state index contributed by atoms with van der Waals surface area (Å²) < 4.78 is 0.818. The lowest BCUT2D eigenvalue weighted by molar-refractivity contribution is -0.139.